The van der Waals surface area contributed by atoms with E-state index in [2.05, 4.69) is 15.1 Å². The minimum absolute atomic E-state index is 0.0136. The van der Waals surface area contributed by atoms with Crippen molar-refractivity contribution in [3.05, 3.63) is 41.4 Å². The number of hydrogen-bond acceptors (Lipinski definition) is 6. The monoisotopic (exact) mass is 434 g/mol. The van der Waals surface area contributed by atoms with Gasteiger partial charge in [-0.3, -0.25) is 9.59 Å². The molecule has 0 aliphatic heterocycles. The van der Waals surface area contributed by atoms with Crippen molar-refractivity contribution in [1.29, 1.82) is 0 Å². The van der Waals surface area contributed by atoms with Crippen molar-refractivity contribution < 1.29 is 33.3 Å². The number of hydrogen-bond donors (Lipinski definition) is 2. The van der Waals surface area contributed by atoms with Gasteiger partial charge in [0, 0.05) is 6.42 Å². The molecule has 0 aliphatic carbocycles. The number of carbonyl (C=O) groups is 2. The van der Waals surface area contributed by atoms with Crippen LogP contribution in [0.5, 0.6) is 5.88 Å². The molecule has 0 unspecified atom stereocenters. The molecule has 164 valence electrons. The lowest BCUT2D eigenvalue weighted by atomic mass is 9.78. The SMILES string of the molecule is CCOc1nc2nc(CC)nn2c(C(CC)(C(=O)O)C(=O)O)c1-c1c(F)cccc1F. The smallest absolute Gasteiger partial charge is 0.327 e. The van der Waals surface area contributed by atoms with Crippen LogP contribution >= 0.6 is 0 Å². The van der Waals surface area contributed by atoms with Gasteiger partial charge in [-0.05, 0) is 25.5 Å². The van der Waals surface area contributed by atoms with Crippen molar-refractivity contribution in [3.8, 4) is 17.0 Å². The van der Waals surface area contributed by atoms with Gasteiger partial charge in [-0.2, -0.15) is 14.5 Å². The Morgan fingerprint density at radius 3 is 2.16 bits per heavy atom. The summed E-state index contributed by atoms with van der Waals surface area (Å²) < 4.78 is 36.1. The Balaban J connectivity index is 2.66. The molecule has 0 radical (unpaired) electrons. The van der Waals surface area contributed by atoms with E-state index in [0.29, 0.717) is 6.42 Å². The Hall–Kier alpha value is -3.63. The molecule has 31 heavy (non-hydrogen) atoms. The number of benzene rings is 1. The van der Waals surface area contributed by atoms with E-state index in [1.165, 1.54) is 6.92 Å². The summed E-state index contributed by atoms with van der Waals surface area (Å²) >= 11 is 0. The van der Waals surface area contributed by atoms with Gasteiger partial charge in [0.2, 0.25) is 11.3 Å². The number of aliphatic carboxylic acids is 2. The Labute approximate surface area is 175 Å². The number of carboxylic acids is 2. The van der Waals surface area contributed by atoms with E-state index in [0.717, 1.165) is 22.7 Å². The molecule has 2 heterocycles. The molecule has 2 aromatic heterocycles. The predicted octanol–water partition coefficient (Wildman–Crippen LogP) is 2.85. The summed E-state index contributed by atoms with van der Waals surface area (Å²) in [5.41, 5.74) is -4.22. The second-order valence-electron chi connectivity index (χ2n) is 6.63. The van der Waals surface area contributed by atoms with Crippen LogP contribution in [0.3, 0.4) is 0 Å². The maximum absolute atomic E-state index is 14.8. The summed E-state index contributed by atoms with van der Waals surface area (Å²) in [6.45, 7) is 4.68. The number of nitrogens with zero attached hydrogens (tertiary/aromatic N) is 4. The number of aromatic nitrogens is 4. The molecule has 0 spiro atoms. The van der Waals surface area contributed by atoms with Gasteiger partial charge < -0.3 is 14.9 Å². The number of halogens is 2. The molecule has 0 bridgehead atoms. The number of carboxylic acid groups (broad SMARTS) is 2. The first-order valence-electron chi connectivity index (χ1n) is 9.56. The number of rotatable bonds is 8. The first kappa shape index (κ1) is 22.1. The second kappa shape index (κ2) is 8.25. The lowest BCUT2D eigenvalue weighted by molar-refractivity contribution is -0.158. The summed E-state index contributed by atoms with van der Waals surface area (Å²) in [5.74, 6) is -5.79. The van der Waals surface area contributed by atoms with E-state index >= 15 is 0 Å². The minimum Gasteiger partial charge on any atom is -0.480 e. The van der Waals surface area contributed by atoms with Gasteiger partial charge in [0.25, 0.3) is 5.78 Å². The third-order valence-electron chi connectivity index (χ3n) is 4.97. The van der Waals surface area contributed by atoms with Crippen LogP contribution in [0, 0.1) is 11.6 Å². The highest BCUT2D eigenvalue weighted by Gasteiger charge is 2.52. The molecule has 11 heteroatoms. The van der Waals surface area contributed by atoms with Gasteiger partial charge in [-0.25, -0.2) is 8.78 Å². The highest BCUT2D eigenvalue weighted by molar-refractivity contribution is 6.06. The lowest BCUT2D eigenvalue weighted by Gasteiger charge is -2.27. The quantitative estimate of drug-likeness (QED) is 0.518. The Morgan fingerprint density at radius 1 is 1.06 bits per heavy atom. The molecule has 0 saturated heterocycles. The lowest BCUT2D eigenvalue weighted by Crippen LogP contribution is -2.45. The van der Waals surface area contributed by atoms with E-state index < -0.39 is 52.2 Å². The van der Waals surface area contributed by atoms with Gasteiger partial charge >= 0.3 is 11.9 Å². The average Bonchev–Trinajstić information content (AvgIpc) is 3.12. The highest BCUT2D eigenvalue weighted by atomic mass is 19.1. The molecular weight excluding hydrogens is 414 g/mol. The van der Waals surface area contributed by atoms with Gasteiger partial charge in [-0.1, -0.05) is 19.9 Å². The molecule has 0 atom stereocenters. The molecule has 1 aromatic carbocycles. The Bertz CT molecular complexity index is 1140. The van der Waals surface area contributed by atoms with E-state index in [4.69, 9.17) is 4.74 Å². The Morgan fingerprint density at radius 2 is 1.68 bits per heavy atom. The first-order chi connectivity index (χ1) is 14.7. The van der Waals surface area contributed by atoms with Crippen LogP contribution in [0.1, 0.15) is 38.7 Å². The van der Waals surface area contributed by atoms with Crippen LogP contribution < -0.4 is 4.74 Å². The zero-order valence-electron chi connectivity index (χ0n) is 17.0. The minimum atomic E-state index is -2.62. The number of aryl methyl sites for hydroxylation is 1. The molecule has 3 rings (SSSR count). The van der Waals surface area contributed by atoms with Gasteiger partial charge in [-0.15, -0.1) is 5.10 Å². The molecular formula is C20H20F2N4O5. The fourth-order valence-electron chi connectivity index (χ4n) is 3.43. The van der Waals surface area contributed by atoms with Crippen molar-refractivity contribution in [3.63, 3.8) is 0 Å². The normalized spacial score (nSPS) is 11.6. The summed E-state index contributed by atoms with van der Waals surface area (Å²) in [6.07, 6.45) is -0.123. The Kier molecular flexibility index (Phi) is 5.87. The van der Waals surface area contributed by atoms with Crippen LogP contribution in [0.2, 0.25) is 0 Å². The summed E-state index contributed by atoms with van der Waals surface area (Å²) in [6, 6.07) is 3.07. The van der Waals surface area contributed by atoms with Gasteiger partial charge in [0.1, 0.15) is 11.6 Å². The zero-order chi connectivity index (χ0) is 22.9. The highest BCUT2D eigenvalue weighted by Crippen LogP contribution is 2.43. The van der Waals surface area contributed by atoms with Crippen LogP contribution in [-0.2, 0) is 21.4 Å². The van der Waals surface area contributed by atoms with Crippen LogP contribution in [-0.4, -0.2) is 48.3 Å². The maximum Gasteiger partial charge on any atom is 0.327 e. The van der Waals surface area contributed by atoms with Crippen molar-refractivity contribution >= 4 is 17.7 Å². The van der Waals surface area contributed by atoms with E-state index in [9.17, 15) is 28.6 Å². The first-order valence-corrected chi connectivity index (χ1v) is 9.56. The summed E-state index contributed by atoms with van der Waals surface area (Å²) in [5, 5.41) is 24.2. The van der Waals surface area contributed by atoms with E-state index in [1.807, 2.05) is 0 Å². The van der Waals surface area contributed by atoms with Crippen molar-refractivity contribution in [1.82, 2.24) is 19.6 Å². The molecule has 0 saturated carbocycles. The number of fused-ring (bicyclic) bond motifs is 1. The molecule has 0 amide bonds. The van der Waals surface area contributed by atoms with Crippen LogP contribution in [0.4, 0.5) is 8.78 Å². The number of ether oxygens (including phenoxy) is 1. The fourth-order valence-corrected chi connectivity index (χ4v) is 3.43. The van der Waals surface area contributed by atoms with Gasteiger partial charge in [0.05, 0.1) is 23.4 Å². The third kappa shape index (κ3) is 3.35. The van der Waals surface area contributed by atoms with Crippen LogP contribution in [0.15, 0.2) is 18.2 Å². The fraction of sp³-hybridized carbons (Fsp3) is 0.350. The average molecular weight is 434 g/mol. The summed E-state index contributed by atoms with van der Waals surface area (Å²) in [4.78, 5) is 33.0. The molecule has 2 N–H and O–H groups in total. The molecule has 3 aromatic rings. The predicted molar refractivity (Wildman–Crippen MR) is 104 cm³/mol. The van der Waals surface area contributed by atoms with Gasteiger partial charge in [0.15, 0.2) is 5.82 Å². The summed E-state index contributed by atoms with van der Waals surface area (Å²) in [7, 11) is 0. The van der Waals surface area contributed by atoms with Crippen molar-refractivity contribution in [2.75, 3.05) is 6.61 Å². The van der Waals surface area contributed by atoms with Crippen molar-refractivity contribution in [2.24, 2.45) is 0 Å². The topological polar surface area (TPSA) is 127 Å². The van der Waals surface area contributed by atoms with Crippen LogP contribution in [0.25, 0.3) is 16.9 Å². The standard InChI is InChI=1S/C20H20F2N4O5/c1-4-12-23-19-24-16(31-6-3)14(13-10(21)8-7-9-11(13)22)15(26(19)25-12)20(5-2,17(27)28)18(29)30/h7-9H,4-6H2,1-3H3,(H,27,28)(H,29,30). The molecule has 9 nitrogen and oxygen atoms in total. The molecule has 0 aliphatic rings. The van der Waals surface area contributed by atoms with E-state index in [-0.39, 0.29) is 24.1 Å². The van der Waals surface area contributed by atoms with E-state index in [1.54, 1.807) is 13.8 Å². The second-order valence-corrected chi connectivity index (χ2v) is 6.63. The molecule has 0 fully saturated rings. The van der Waals surface area contributed by atoms with Crippen molar-refractivity contribution in [2.45, 2.75) is 39.0 Å². The largest absolute Gasteiger partial charge is 0.480 e. The zero-order valence-corrected chi connectivity index (χ0v) is 17.0. The third-order valence-corrected chi connectivity index (χ3v) is 4.97. The maximum atomic E-state index is 14.8.